The number of benzene rings is 1. The highest BCUT2D eigenvalue weighted by molar-refractivity contribution is 7.89. The third-order valence-corrected chi connectivity index (χ3v) is 4.77. The summed E-state index contributed by atoms with van der Waals surface area (Å²) in [4.78, 5) is 13.9. The Morgan fingerprint density at radius 3 is 2.55 bits per heavy atom. The second kappa shape index (κ2) is 7.21. The van der Waals surface area contributed by atoms with Crippen molar-refractivity contribution in [2.45, 2.75) is 36.7 Å². The molecule has 0 aliphatic carbocycles. The van der Waals surface area contributed by atoms with Crippen molar-refractivity contribution in [2.75, 3.05) is 20.2 Å². The van der Waals surface area contributed by atoms with Crippen LogP contribution in [0.1, 0.15) is 36.0 Å². The minimum atomic E-state index is -3.73. The van der Waals surface area contributed by atoms with E-state index >= 15 is 0 Å². The van der Waals surface area contributed by atoms with Gasteiger partial charge in [0.25, 0.3) is 5.91 Å². The van der Waals surface area contributed by atoms with E-state index in [1.165, 1.54) is 30.7 Å². The lowest BCUT2D eigenvalue weighted by Crippen LogP contribution is -2.31. The van der Waals surface area contributed by atoms with E-state index in [1.807, 2.05) is 0 Å². The van der Waals surface area contributed by atoms with Crippen molar-refractivity contribution in [3.05, 3.63) is 29.8 Å². The largest absolute Gasteiger partial charge is 0.378 e. The third kappa shape index (κ3) is 4.53. The van der Waals surface area contributed by atoms with Gasteiger partial charge in [-0.3, -0.25) is 4.79 Å². The summed E-state index contributed by atoms with van der Waals surface area (Å²) < 4.78 is 28.0. The van der Waals surface area contributed by atoms with E-state index in [1.54, 1.807) is 11.9 Å². The second-order valence-corrected chi connectivity index (χ2v) is 7.13. The molecule has 0 aromatic heterocycles. The molecule has 1 saturated heterocycles. The van der Waals surface area contributed by atoms with Crippen LogP contribution in [0, 0.1) is 0 Å². The number of sulfonamides is 1. The van der Waals surface area contributed by atoms with Crippen LogP contribution in [0.15, 0.2) is 29.2 Å². The van der Waals surface area contributed by atoms with Gasteiger partial charge in [-0.25, -0.2) is 13.6 Å². The molecule has 1 heterocycles. The molecule has 7 heteroatoms. The van der Waals surface area contributed by atoms with Crippen molar-refractivity contribution < 1.29 is 17.9 Å². The lowest BCUT2D eigenvalue weighted by molar-refractivity contribution is 0.00709. The molecule has 1 fully saturated rings. The average molecular weight is 326 g/mol. The van der Waals surface area contributed by atoms with E-state index in [-0.39, 0.29) is 16.9 Å². The molecule has 1 aromatic carbocycles. The van der Waals surface area contributed by atoms with E-state index in [0.717, 1.165) is 25.9 Å². The highest BCUT2D eigenvalue weighted by atomic mass is 32.2. The Kier molecular flexibility index (Phi) is 5.55. The molecule has 0 spiro atoms. The Bertz CT molecular complexity index is 607. The van der Waals surface area contributed by atoms with Gasteiger partial charge in [-0.15, -0.1) is 0 Å². The number of carbonyl (C=O) groups is 1. The number of amides is 1. The molecule has 22 heavy (non-hydrogen) atoms. The predicted molar refractivity (Wildman–Crippen MR) is 83.0 cm³/mol. The van der Waals surface area contributed by atoms with Crippen LogP contribution >= 0.6 is 0 Å². The Hall–Kier alpha value is -1.44. The van der Waals surface area contributed by atoms with Crippen molar-refractivity contribution >= 4 is 15.9 Å². The summed E-state index contributed by atoms with van der Waals surface area (Å²) in [6.45, 7) is 1.41. The molecule has 0 bridgehead atoms. The molecule has 2 rings (SSSR count). The smallest absolute Gasteiger partial charge is 0.253 e. The lowest BCUT2D eigenvalue weighted by atomic mass is 10.1. The minimum Gasteiger partial charge on any atom is -0.378 e. The molecule has 0 unspecified atom stereocenters. The van der Waals surface area contributed by atoms with Crippen molar-refractivity contribution in [1.82, 2.24) is 4.90 Å². The number of rotatable bonds is 5. The first-order chi connectivity index (χ1) is 10.4. The van der Waals surface area contributed by atoms with Crippen LogP contribution in [0.4, 0.5) is 0 Å². The molecule has 1 aliphatic rings. The first-order valence-corrected chi connectivity index (χ1v) is 8.92. The molecule has 1 aromatic rings. The van der Waals surface area contributed by atoms with E-state index in [9.17, 15) is 13.2 Å². The molecular weight excluding hydrogens is 304 g/mol. The maximum absolute atomic E-state index is 12.3. The Balaban J connectivity index is 1.92. The fraction of sp³-hybridized carbons (Fsp3) is 0.533. The summed E-state index contributed by atoms with van der Waals surface area (Å²) in [5.74, 6) is -0.142. The van der Waals surface area contributed by atoms with Crippen LogP contribution in [-0.2, 0) is 14.8 Å². The van der Waals surface area contributed by atoms with Crippen LogP contribution in [-0.4, -0.2) is 45.5 Å². The molecular formula is C15H22N2O4S. The zero-order valence-corrected chi connectivity index (χ0v) is 13.5. The van der Waals surface area contributed by atoms with Gasteiger partial charge in [0.15, 0.2) is 0 Å². The van der Waals surface area contributed by atoms with Gasteiger partial charge < -0.3 is 9.64 Å². The van der Waals surface area contributed by atoms with Crippen LogP contribution < -0.4 is 5.14 Å². The summed E-state index contributed by atoms with van der Waals surface area (Å²) in [5.41, 5.74) is 0.444. The molecule has 0 saturated carbocycles. The van der Waals surface area contributed by atoms with Gasteiger partial charge in [-0.05, 0) is 49.9 Å². The van der Waals surface area contributed by atoms with Gasteiger partial charge >= 0.3 is 0 Å². The van der Waals surface area contributed by atoms with Gasteiger partial charge in [0.2, 0.25) is 10.0 Å². The number of ether oxygens (including phenoxy) is 1. The monoisotopic (exact) mass is 326 g/mol. The van der Waals surface area contributed by atoms with Gasteiger partial charge in [-0.1, -0.05) is 0 Å². The summed E-state index contributed by atoms with van der Waals surface area (Å²) >= 11 is 0. The summed E-state index contributed by atoms with van der Waals surface area (Å²) in [6, 6.07) is 5.66. The van der Waals surface area contributed by atoms with Crippen molar-refractivity contribution in [3.63, 3.8) is 0 Å². The third-order valence-electron chi connectivity index (χ3n) is 3.84. The van der Waals surface area contributed by atoms with Gasteiger partial charge in [0.1, 0.15) is 0 Å². The molecule has 1 amide bonds. The molecule has 2 N–H and O–H groups in total. The first-order valence-electron chi connectivity index (χ1n) is 7.38. The summed E-state index contributed by atoms with van der Waals surface area (Å²) in [7, 11) is -2.00. The predicted octanol–water partition coefficient (Wildman–Crippen LogP) is 1.37. The van der Waals surface area contributed by atoms with E-state index < -0.39 is 10.0 Å². The maximum Gasteiger partial charge on any atom is 0.253 e. The van der Waals surface area contributed by atoms with Crippen molar-refractivity contribution in [3.8, 4) is 0 Å². The molecule has 0 radical (unpaired) electrons. The molecule has 1 aliphatic heterocycles. The highest BCUT2D eigenvalue weighted by Crippen LogP contribution is 2.16. The zero-order chi connectivity index (χ0) is 16.2. The van der Waals surface area contributed by atoms with Gasteiger partial charge in [0, 0.05) is 25.8 Å². The number of hydrogen-bond donors (Lipinski definition) is 1. The second-order valence-electron chi connectivity index (χ2n) is 5.57. The fourth-order valence-electron chi connectivity index (χ4n) is 2.48. The molecule has 122 valence electrons. The number of nitrogens with zero attached hydrogens (tertiary/aromatic N) is 1. The average Bonchev–Trinajstić information content (AvgIpc) is 2.52. The fourth-order valence-corrected chi connectivity index (χ4v) is 3.00. The Labute approximate surface area is 131 Å². The summed E-state index contributed by atoms with van der Waals surface area (Å²) in [5, 5.41) is 5.04. The number of carbonyl (C=O) groups excluding carboxylic acids is 1. The van der Waals surface area contributed by atoms with Crippen LogP contribution in [0.25, 0.3) is 0 Å². The Morgan fingerprint density at radius 2 is 2.00 bits per heavy atom. The normalized spacial score (nSPS) is 18.9. The lowest BCUT2D eigenvalue weighted by Gasteiger charge is -2.25. The topological polar surface area (TPSA) is 89.7 Å². The first kappa shape index (κ1) is 16.9. The van der Waals surface area contributed by atoms with E-state index in [2.05, 4.69) is 0 Å². The van der Waals surface area contributed by atoms with E-state index in [0.29, 0.717) is 12.1 Å². The van der Waals surface area contributed by atoms with Crippen molar-refractivity contribution in [1.29, 1.82) is 0 Å². The van der Waals surface area contributed by atoms with Crippen LogP contribution in [0.5, 0.6) is 0 Å². The standard InChI is InChI=1S/C15H22N2O4S/c1-17(10-9-13-4-2-3-11-21-13)15(18)12-5-7-14(8-6-12)22(16,19)20/h5-8,13H,2-4,9-11H2,1H3,(H2,16,19,20)/t13-/m1/s1. The Morgan fingerprint density at radius 1 is 1.32 bits per heavy atom. The number of hydrogen-bond acceptors (Lipinski definition) is 4. The number of nitrogens with two attached hydrogens (primary N) is 1. The van der Waals surface area contributed by atoms with Crippen LogP contribution in [0.2, 0.25) is 0 Å². The molecule has 1 atom stereocenters. The van der Waals surface area contributed by atoms with Gasteiger partial charge in [0.05, 0.1) is 11.0 Å². The summed E-state index contributed by atoms with van der Waals surface area (Å²) in [6.07, 6.45) is 4.38. The maximum atomic E-state index is 12.3. The SMILES string of the molecule is CN(CC[C@H]1CCCCO1)C(=O)c1ccc(S(N)(=O)=O)cc1. The number of primary sulfonamides is 1. The minimum absolute atomic E-state index is 0.00214. The quantitative estimate of drug-likeness (QED) is 0.885. The van der Waals surface area contributed by atoms with E-state index in [4.69, 9.17) is 9.88 Å². The molecule has 6 nitrogen and oxygen atoms in total. The van der Waals surface area contributed by atoms with Gasteiger partial charge in [-0.2, -0.15) is 0 Å². The van der Waals surface area contributed by atoms with Crippen molar-refractivity contribution in [2.24, 2.45) is 5.14 Å². The highest BCUT2D eigenvalue weighted by Gasteiger charge is 2.17. The van der Waals surface area contributed by atoms with Crippen LogP contribution in [0.3, 0.4) is 0 Å². The zero-order valence-electron chi connectivity index (χ0n) is 12.7.